The maximum Gasteiger partial charge on any atom is 0.258 e. The molecule has 8 heteroatoms. The Bertz CT molecular complexity index is 1300. The number of hydrogen-bond acceptors (Lipinski definition) is 6. The van der Waals surface area contributed by atoms with Gasteiger partial charge in [0.2, 0.25) is 0 Å². The fraction of sp³-hybridized carbons (Fsp3) is 0.250. The summed E-state index contributed by atoms with van der Waals surface area (Å²) in [6, 6.07) is 15.4. The Morgan fingerprint density at radius 2 is 1.84 bits per heavy atom. The second-order valence-corrected chi connectivity index (χ2v) is 9.29. The lowest BCUT2D eigenvalue weighted by atomic mass is 9.86. The Morgan fingerprint density at radius 3 is 2.59 bits per heavy atom. The Labute approximate surface area is 189 Å². The Hall–Kier alpha value is -3.36. The van der Waals surface area contributed by atoms with Gasteiger partial charge in [0.1, 0.15) is 19.0 Å². The number of benzene rings is 2. The third-order valence-corrected chi connectivity index (χ3v) is 5.69. The predicted molar refractivity (Wildman–Crippen MR) is 127 cm³/mol. The fourth-order valence-corrected chi connectivity index (χ4v) is 3.94. The molecule has 164 valence electrons. The van der Waals surface area contributed by atoms with Crippen LogP contribution in [0.15, 0.2) is 58.7 Å². The minimum absolute atomic E-state index is 0.0245. The molecule has 0 bridgehead atoms. The minimum atomic E-state index is -0.322. The highest BCUT2D eigenvalue weighted by Crippen LogP contribution is 2.28. The molecule has 0 saturated heterocycles. The number of aromatic amines is 1. The monoisotopic (exact) mass is 448 g/mol. The van der Waals surface area contributed by atoms with Crippen LogP contribution < -0.4 is 10.9 Å². The van der Waals surface area contributed by atoms with E-state index in [4.69, 9.17) is 4.74 Å². The second-order valence-electron chi connectivity index (χ2n) is 8.44. The number of ether oxygens (including phenoxy) is 1. The highest BCUT2D eigenvalue weighted by atomic mass is 32.1. The Kier molecular flexibility index (Phi) is 6.16. The predicted octanol–water partition coefficient (Wildman–Crippen LogP) is 4.50. The minimum Gasteiger partial charge on any atom is -0.364 e. The molecule has 0 aliphatic rings. The molecule has 1 amide bonds. The van der Waals surface area contributed by atoms with Gasteiger partial charge in [0, 0.05) is 10.9 Å². The first-order valence-corrected chi connectivity index (χ1v) is 11.1. The zero-order valence-electron chi connectivity index (χ0n) is 18.1. The SMILES string of the molecule is CC(C)(C)c1ccc(-c2csc(NC(=O)COCc3nc4ccccc4c(=O)[nH]3)n2)cc1. The van der Waals surface area contributed by atoms with Gasteiger partial charge in [-0.25, -0.2) is 9.97 Å². The molecule has 2 aromatic carbocycles. The quantitative estimate of drug-likeness (QED) is 0.453. The molecule has 4 aromatic rings. The van der Waals surface area contributed by atoms with Gasteiger partial charge >= 0.3 is 0 Å². The summed E-state index contributed by atoms with van der Waals surface area (Å²) in [6.07, 6.45) is 0. The summed E-state index contributed by atoms with van der Waals surface area (Å²) in [5.41, 5.74) is 3.51. The maximum absolute atomic E-state index is 12.2. The Morgan fingerprint density at radius 1 is 1.09 bits per heavy atom. The van der Waals surface area contributed by atoms with E-state index >= 15 is 0 Å². The van der Waals surface area contributed by atoms with Crippen molar-refractivity contribution in [3.63, 3.8) is 0 Å². The van der Waals surface area contributed by atoms with E-state index in [0.717, 1.165) is 11.3 Å². The third kappa shape index (κ3) is 5.09. The van der Waals surface area contributed by atoms with E-state index in [0.29, 0.717) is 21.9 Å². The van der Waals surface area contributed by atoms with Crippen molar-refractivity contribution in [1.29, 1.82) is 0 Å². The lowest BCUT2D eigenvalue weighted by molar-refractivity contribution is -0.121. The smallest absolute Gasteiger partial charge is 0.258 e. The first-order valence-electron chi connectivity index (χ1n) is 10.2. The second kappa shape index (κ2) is 9.02. The van der Waals surface area contributed by atoms with Gasteiger partial charge in [-0.2, -0.15) is 0 Å². The highest BCUT2D eigenvalue weighted by Gasteiger charge is 2.14. The first-order chi connectivity index (χ1) is 15.3. The average Bonchev–Trinajstić information content (AvgIpc) is 3.22. The zero-order chi connectivity index (χ0) is 22.7. The number of thiazole rings is 1. The molecule has 0 radical (unpaired) electrons. The number of carbonyl (C=O) groups is 1. The van der Waals surface area contributed by atoms with Crippen molar-refractivity contribution >= 4 is 33.3 Å². The number of hydrogen-bond donors (Lipinski definition) is 2. The third-order valence-electron chi connectivity index (χ3n) is 4.93. The number of amides is 1. The van der Waals surface area contributed by atoms with Crippen molar-refractivity contribution in [3.05, 3.63) is 75.7 Å². The van der Waals surface area contributed by atoms with Crippen molar-refractivity contribution in [1.82, 2.24) is 15.0 Å². The van der Waals surface area contributed by atoms with Crippen LogP contribution in [0.3, 0.4) is 0 Å². The molecule has 7 nitrogen and oxygen atoms in total. The molecule has 32 heavy (non-hydrogen) atoms. The molecule has 0 atom stereocenters. The normalized spacial score (nSPS) is 11.6. The number of anilines is 1. The topological polar surface area (TPSA) is 97.0 Å². The molecule has 0 aliphatic carbocycles. The standard InChI is InChI=1S/C24H24N4O3S/c1-24(2,3)16-10-8-15(9-11-16)19-14-32-23(26-19)28-21(29)13-31-12-20-25-18-7-5-4-6-17(18)22(30)27-20/h4-11,14H,12-13H2,1-3H3,(H,25,27,30)(H,26,28,29). The zero-order valence-corrected chi connectivity index (χ0v) is 19.0. The van der Waals surface area contributed by atoms with Crippen molar-refractivity contribution in [2.45, 2.75) is 32.8 Å². The summed E-state index contributed by atoms with van der Waals surface area (Å²) in [6.45, 7) is 6.37. The number of aromatic nitrogens is 3. The van der Waals surface area contributed by atoms with Crippen molar-refractivity contribution < 1.29 is 9.53 Å². The van der Waals surface area contributed by atoms with Crippen LogP contribution in [0.2, 0.25) is 0 Å². The van der Waals surface area contributed by atoms with E-state index in [-0.39, 0.29) is 30.1 Å². The first kappa shape index (κ1) is 21.9. The Balaban J connectivity index is 1.32. The van der Waals surface area contributed by atoms with Crippen molar-refractivity contribution in [2.24, 2.45) is 0 Å². The van der Waals surface area contributed by atoms with Gasteiger partial charge in [0.25, 0.3) is 11.5 Å². The summed E-state index contributed by atoms with van der Waals surface area (Å²) >= 11 is 1.36. The summed E-state index contributed by atoms with van der Waals surface area (Å²) in [4.78, 5) is 35.8. The van der Waals surface area contributed by atoms with Gasteiger partial charge in [-0.1, -0.05) is 57.2 Å². The largest absolute Gasteiger partial charge is 0.364 e. The maximum atomic E-state index is 12.2. The fourth-order valence-electron chi connectivity index (χ4n) is 3.20. The van der Waals surface area contributed by atoms with Crippen LogP contribution in [0.4, 0.5) is 5.13 Å². The lowest BCUT2D eigenvalue weighted by Gasteiger charge is -2.18. The molecule has 0 unspecified atom stereocenters. The van der Waals surface area contributed by atoms with Gasteiger partial charge in [0.05, 0.1) is 16.6 Å². The van der Waals surface area contributed by atoms with E-state index in [9.17, 15) is 9.59 Å². The number of para-hydroxylation sites is 1. The van der Waals surface area contributed by atoms with Crippen LogP contribution in [0.5, 0.6) is 0 Å². The van der Waals surface area contributed by atoms with Gasteiger partial charge in [-0.3, -0.25) is 14.9 Å². The van der Waals surface area contributed by atoms with Crippen molar-refractivity contribution in [2.75, 3.05) is 11.9 Å². The number of carbonyl (C=O) groups excluding carboxylic acids is 1. The van der Waals surface area contributed by atoms with Crippen LogP contribution in [0.1, 0.15) is 32.2 Å². The van der Waals surface area contributed by atoms with Gasteiger partial charge in [0.15, 0.2) is 5.13 Å². The lowest BCUT2D eigenvalue weighted by Crippen LogP contribution is -2.19. The molecule has 2 aromatic heterocycles. The van der Waals surface area contributed by atoms with Crippen LogP contribution >= 0.6 is 11.3 Å². The average molecular weight is 449 g/mol. The molecule has 0 fully saturated rings. The highest BCUT2D eigenvalue weighted by molar-refractivity contribution is 7.14. The summed E-state index contributed by atoms with van der Waals surface area (Å²) < 4.78 is 5.43. The number of rotatable bonds is 6. The van der Waals surface area contributed by atoms with Gasteiger partial charge in [-0.15, -0.1) is 11.3 Å². The van der Waals surface area contributed by atoms with Gasteiger partial charge in [-0.05, 0) is 23.1 Å². The molecule has 0 spiro atoms. The van der Waals surface area contributed by atoms with E-state index in [2.05, 4.69) is 53.2 Å². The van der Waals surface area contributed by atoms with E-state index < -0.39 is 0 Å². The molecular formula is C24H24N4O3S. The molecule has 0 aliphatic heterocycles. The molecular weight excluding hydrogens is 424 g/mol. The number of nitrogens with zero attached hydrogens (tertiary/aromatic N) is 2. The summed E-state index contributed by atoms with van der Waals surface area (Å²) in [5, 5.41) is 5.68. The number of nitrogens with one attached hydrogen (secondary N) is 2. The van der Waals surface area contributed by atoms with E-state index in [1.165, 1.54) is 16.9 Å². The van der Waals surface area contributed by atoms with Crippen LogP contribution in [-0.4, -0.2) is 27.5 Å². The molecule has 2 N–H and O–H groups in total. The number of H-pyrrole nitrogens is 1. The van der Waals surface area contributed by atoms with Crippen molar-refractivity contribution in [3.8, 4) is 11.3 Å². The summed E-state index contributed by atoms with van der Waals surface area (Å²) in [5.74, 6) is 0.0499. The van der Waals surface area contributed by atoms with E-state index in [1.54, 1.807) is 18.2 Å². The van der Waals surface area contributed by atoms with Crippen LogP contribution in [0.25, 0.3) is 22.2 Å². The molecule has 4 rings (SSSR count). The molecule has 0 saturated carbocycles. The van der Waals surface area contributed by atoms with Crippen LogP contribution in [-0.2, 0) is 21.6 Å². The molecule has 2 heterocycles. The number of fused-ring (bicyclic) bond motifs is 1. The van der Waals surface area contributed by atoms with Gasteiger partial charge < -0.3 is 9.72 Å². The van der Waals surface area contributed by atoms with Crippen LogP contribution in [0, 0.1) is 0 Å². The van der Waals surface area contributed by atoms with E-state index in [1.807, 2.05) is 23.6 Å². The summed E-state index contributed by atoms with van der Waals surface area (Å²) in [7, 11) is 0.